The lowest BCUT2D eigenvalue weighted by atomic mass is 9.93. The van der Waals surface area contributed by atoms with Crippen molar-refractivity contribution in [3.63, 3.8) is 0 Å². The molecular formula is C18H22O2. The molecule has 106 valence electrons. The van der Waals surface area contributed by atoms with Crippen LogP contribution in [0, 0.1) is 20.8 Å². The van der Waals surface area contributed by atoms with Crippen molar-refractivity contribution >= 4 is 0 Å². The first-order valence-corrected chi connectivity index (χ1v) is 6.90. The molecule has 2 rings (SSSR count). The quantitative estimate of drug-likeness (QED) is 0.913. The largest absolute Gasteiger partial charge is 0.496 e. The average Bonchev–Trinajstić information content (AvgIpc) is 2.43. The predicted molar refractivity (Wildman–Crippen MR) is 82.3 cm³/mol. The highest BCUT2D eigenvalue weighted by Crippen LogP contribution is 2.30. The van der Waals surface area contributed by atoms with Crippen LogP contribution < -0.4 is 4.74 Å². The Balaban J connectivity index is 2.33. The van der Waals surface area contributed by atoms with Crippen LogP contribution in [0.5, 0.6) is 5.75 Å². The average molecular weight is 270 g/mol. The lowest BCUT2D eigenvalue weighted by Crippen LogP contribution is -2.07. The van der Waals surface area contributed by atoms with Crippen molar-refractivity contribution in [3.8, 4) is 5.75 Å². The van der Waals surface area contributed by atoms with Crippen molar-refractivity contribution in [2.45, 2.75) is 33.3 Å². The van der Waals surface area contributed by atoms with Gasteiger partial charge in [0.15, 0.2) is 0 Å². The summed E-state index contributed by atoms with van der Waals surface area (Å²) in [6.07, 6.45) is 0.0582. The first kappa shape index (κ1) is 14.6. The molecule has 0 amide bonds. The zero-order valence-electron chi connectivity index (χ0n) is 12.6. The van der Waals surface area contributed by atoms with Crippen molar-refractivity contribution in [1.29, 1.82) is 0 Å². The molecule has 0 bridgehead atoms. The predicted octanol–water partition coefficient (Wildman–Crippen LogP) is 3.90. The van der Waals surface area contributed by atoms with Crippen LogP contribution in [-0.2, 0) is 6.42 Å². The highest BCUT2D eigenvalue weighted by molar-refractivity contribution is 5.41. The van der Waals surface area contributed by atoms with Crippen molar-refractivity contribution < 1.29 is 9.84 Å². The molecular weight excluding hydrogens is 248 g/mol. The lowest BCUT2D eigenvalue weighted by Gasteiger charge is -2.18. The lowest BCUT2D eigenvalue weighted by molar-refractivity contribution is 0.173. The monoisotopic (exact) mass is 270 g/mol. The minimum absolute atomic E-state index is 0.551. The Morgan fingerprint density at radius 1 is 1.05 bits per heavy atom. The second-order valence-corrected chi connectivity index (χ2v) is 5.34. The first-order chi connectivity index (χ1) is 9.52. The third kappa shape index (κ3) is 3.02. The number of aliphatic hydroxyl groups excluding tert-OH is 1. The molecule has 0 aromatic heterocycles. The molecule has 0 spiro atoms. The smallest absolute Gasteiger partial charge is 0.124 e. The van der Waals surface area contributed by atoms with Gasteiger partial charge in [-0.2, -0.15) is 0 Å². The second-order valence-electron chi connectivity index (χ2n) is 5.34. The molecule has 0 radical (unpaired) electrons. The van der Waals surface area contributed by atoms with Crippen LogP contribution in [0.1, 0.15) is 33.9 Å². The van der Waals surface area contributed by atoms with Gasteiger partial charge in [-0.3, -0.25) is 0 Å². The Morgan fingerprint density at radius 3 is 2.30 bits per heavy atom. The maximum absolute atomic E-state index is 10.6. The maximum atomic E-state index is 10.6. The van der Waals surface area contributed by atoms with Gasteiger partial charge in [0.05, 0.1) is 13.2 Å². The fourth-order valence-corrected chi connectivity index (χ4v) is 2.59. The van der Waals surface area contributed by atoms with Gasteiger partial charge in [-0.1, -0.05) is 29.8 Å². The number of hydrogen-bond acceptors (Lipinski definition) is 2. The maximum Gasteiger partial charge on any atom is 0.124 e. The van der Waals surface area contributed by atoms with Crippen LogP contribution >= 0.6 is 0 Å². The Labute approximate surface area is 121 Å². The second kappa shape index (κ2) is 6.10. The topological polar surface area (TPSA) is 29.5 Å². The Kier molecular flexibility index (Phi) is 4.46. The SMILES string of the molecule is COc1ccc(C)cc1C(O)Cc1c(C)cccc1C. The van der Waals surface area contributed by atoms with E-state index in [0.717, 1.165) is 16.9 Å². The summed E-state index contributed by atoms with van der Waals surface area (Å²) in [6, 6.07) is 12.1. The Bertz CT molecular complexity index is 582. The van der Waals surface area contributed by atoms with Gasteiger partial charge in [0.1, 0.15) is 5.75 Å². The highest BCUT2D eigenvalue weighted by Gasteiger charge is 2.16. The van der Waals surface area contributed by atoms with E-state index in [-0.39, 0.29) is 0 Å². The summed E-state index contributed by atoms with van der Waals surface area (Å²) in [5, 5.41) is 10.6. The van der Waals surface area contributed by atoms with Crippen molar-refractivity contribution in [2.75, 3.05) is 7.11 Å². The van der Waals surface area contributed by atoms with Crippen LogP contribution in [0.25, 0.3) is 0 Å². The fraction of sp³-hybridized carbons (Fsp3) is 0.333. The van der Waals surface area contributed by atoms with Crippen LogP contribution in [0.3, 0.4) is 0 Å². The van der Waals surface area contributed by atoms with Crippen molar-refractivity contribution in [1.82, 2.24) is 0 Å². The van der Waals surface area contributed by atoms with E-state index < -0.39 is 6.10 Å². The van der Waals surface area contributed by atoms with Gasteiger partial charge in [-0.15, -0.1) is 0 Å². The van der Waals surface area contributed by atoms with E-state index in [4.69, 9.17) is 4.74 Å². The van der Waals surface area contributed by atoms with Crippen LogP contribution in [0.15, 0.2) is 36.4 Å². The molecule has 0 aliphatic rings. The molecule has 0 fully saturated rings. The van der Waals surface area contributed by atoms with Crippen molar-refractivity contribution in [2.24, 2.45) is 0 Å². The molecule has 2 aromatic carbocycles. The summed E-state index contributed by atoms with van der Waals surface area (Å²) in [5.41, 5.74) is 5.63. The molecule has 20 heavy (non-hydrogen) atoms. The molecule has 2 aromatic rings. The van der Waals surface area contributed by atoms with E-state index >= 15 is 0 Å². The van der Waals surface area contributed by atoms with Gasteiger partial charge >= 0.3 is 0 Å². The number of benzene rings is 2. The number of ether oxygens (including phenoxy) is 1. The zero-order chi connectivity index (χ0) is 14.7. The van der Waals surface area contributed by atoms with E-state index in [1.54, 1.807) is 7.11 Å². The van der Waals surface area contributed by atoms with Crippen molar-refractivity contribution in [3.05, 3.63) is 64.2 Å². The Morgan fingerprint density at radius 2 is 1.70 bits per heavy atom. The van der Waals surface area contributed by atoms with E-state index in [1.807, 2.05) is 31.2 Å². The molecule has 0 saturated heterocycles. The van der Waals surface area contributed by atoms with E-state index in [2.05, 4.69) is 26.0 Å². The molecule has 1 N–H and O–H groups in total. The third-order valence-corrected chi connectivity index (χ3v) is 3.79. The summed E-state index contributed by atoms with van der Waals surface area (Å²) in [4.78, 5) is 0. The van der Waals surface area contributed by atoms with Gasteiger partial charge in [-0.05, 0) is 49.6 Å². The van der Waals surface area contributed by atoms with Gasteiger partial charge in [0, 0.05) is 12.0 Å². The number of methoxy groups -OCH3 is 1. The minimum Gasteiger partial charge on any atom is -0.496 e. The van der Waals surface area contributed by atoms with E-state index in [9.17, 15) is 5.11 Å². The molecule has 0 heterocycles. The molecule has 0 aliphatic carbocycles. The van der Waals surface area contributed by atoms with Crippen LogP contribution in [0.4, 0.5) is 0 Å². The summed E-state index contributed by atoms with van der Waals surface area (Å²) >= 11 is 0. The summed E-state index contributed by atoms with van der Waals surface area (Å²) in [5.74, 6) is 0.745. The molecule has 0 aliphatic heterocycles. The fourth-order valence-electron chi connectivity index (χ4n) is 2.59. The standard InChI is InChI=1S/C18H22O2/c1-12-8-9-18(20-4)16(10-12)17(19)11-15-13(2)6-5-7-14(15)3/h5-10,17,19H,11H2,1-4H3. The normalized spacial score (nSPS) is 12.2. The summed E-state index contributed by atoms with van der Waals surface area (Å²) in [7, 11) is 1.64. The van der Waals surface area contributed by atoms with Gasteiger partial charge in [-0.25, -0.2) is 0 Å². The van der Waals surface area contributed by atoms with Gasteiger partial charge < -0.3 is 9.84 Å². The molecule has 1 unspecified atom stereocenters. The van der Waals surface area contributed by atoms with E-state index in [1.165, 1.54) is 16.7 Å². The first-order valence-electron chi connectivity index (χ1n) is 6.90. The van der Waals surface area contributed by atoms with Crippen LogP contribution in [0.2, 0.25) is 0 Å². The number of rotatable bonds is 4. The van der Waals surface area contributed by atoms with E-state index in [0.29, 0.717) is 6.42 Å². The number of aryl methyl sites for hydroxylation is 3. The molecule has 1 atom stereocenters. The third-order valence-electron chi connectivity index (χ3n) is 3.79. The van der Waals surface area contributed by atoms with Crippen LogP contribution in [-0.4, -0.2) is 12.2 Å². The molecule has 0 saturated carbocycles. The summed E-state index contributed by atoms with van der Waals surface area (Å²) in [6.45, 7) is 6.19. The minimum atomic E-state index is -0.551. The van der Waals surface area contributed by atoms with Gasteiger partial charge in [0.25, 0.3) is 0 Å². The number of hydrogen-bond donors (Lipinski definition) is 1. The summed E-state index contributed by atoms with van der Waals surface area (Å²) < 4.78 is 5.36. The Hall–Kier alpha value is -1.80. The molecule has 2 nitrogen and oxygen atoms in total. The number of aliphatic hydroxyl groups is 1. The van der Waals surface area contributed by atoms with Gasteiger partial charge in [0.2, 0.25) is 0 Å². The highest BCUT2D eigenvalue weighted by atomic mass is 16.5. The zero-order valence-corrected chi connectivity index (χ0v) is 12.6. The molecule has 2 heteroatoms.